The third-order valence-electron chi connectivity index (χ3n) is 3.33. The van der Waals surface area contributed by atoms with E-state index in [0.29, 0.717) is 39.5 Å². The Kier molecular flexibility index (Phi) is 5.65. The number of hydrogen-bond donors (Lipinski definition) is 1. The monoisotopic (exact) mass is 388 g/mol. The molecule has 0 atom stereocenters. The first-order valence-corrected chi connectivity index (χ1v) is 8.51. The van der Waals surface area contributed by atoms with Crippen molar-refractivity contribution in [3.05, 3.63) is 70.4 Å². The topological polar surface area (TPSA) is 77.0 Å². The minimum atomic E-state index is -0.399. The highest BCUT2D eigenvalue weighted by molar-refractivity contribution is 6.30. The van der Waals surface area contributed by atoms with Gasteiger partial charge in [0, 0.05) is 36.3 Å². The number of carbonyl (C=O) groups is 1. The molecule has 0 bridgehead atoms. The van der Waals surface area contributed by atoms with Crippen LogP contribution in [-0.4, -0.2) is 20.9 Å². The van der Waals surface area contributed by atoms with Crippen molar-refractivity contribution < 1.29 is 9.53 Å². The predicted octanol–water partition coefficient (Wildman–Crippen LogP) is 4.79. The minimum absolute atomic E-state index is 0.214. The lowest BCUT2D eigenvalue weighted by molar-refractivity contribution is 0.102. The van der Waals surface area contributed by atoms with Crippen LogP contribution in [0.5, 0.6) is 11.5 Å². The summed E-state index contributed by atoms with van der Waals surface area (Å²) in [6.07, 6.45) is 5.14. The predicted molar refractivity (Wildman–Crippen MR) is 100 cm³/mol. The maximum absolute atomic E-state index is 12.5. The quantitative estimate of drug-likeness (QED) is 0.679. The maximum atomic E-state index is 12.5. The van der Waals surface area contributed by atoms with Crippen molar-refractivity contribution in [3.8, 4) is 11.5 Å². The number of amides is 1. The third kappa shape index (κ3) is 4.68. The number of nitrogens with zero attached hydrogens (tertiary/aromatic N) is 3. The largest absolute Gasteiger partial charge is 0.456 e. The van der Waals surface area contributed by atoms with Crippen LogP contribution < -0.4 is 10.1 Å². The van der Waals surface area contributed by atoms with Gasteiger partial charge in [0.15, 0.2) is 0 Å². The normalized spacial score (nSPS) is 10.4. The zero-order chi connectivity index (χ0) is 18.5. The third-order valence-corrected chi connectivity index (χ3v) is 3.76. The molecule has 0 saturated heterocycles. The van der Waals surface area contributed by atoms with Crippen LogP contribution in [0.3, 0.4) is 0 Å². The molecule has 3 aromatic heterocycles. The summed E-state index contributed by atoms with van der Waals surface area (Å²) in [7, 11) is 0. The molecule has 26 heavy (non-hydrogen) atoms. The Morgan fingerprint density at radius 3 is 2.62 bits per heavy atom. The second-order valence-corrected chi connectivity index (χ2v) is 6.16. The smallest absolute Gasteiger partial charge is 0.275 e. The Morgan fingerprint density at radius 1 is 1.08 bits per heavy atom. The molecule has 6 nitrogen and oxygen atoms in total. The molecule has 1 N–H and O–H groups in total. The molecule has 132 valence electrons. The van der Waals surface area contributed by atoms with E-state index in [-0.39, 0.29) is 5.69 Å². The van der Waals surface area contributed by atoms with Crippen LogP contribution in [0.1, 0.15) is 23.1 Å². The van der Waals surface area contributed by atoms with E-state index in [1.807, 2.05) is 6.92 Å². The molecule has 1 amide bonds. The number of aryl methyl sites for hydroxylation is 1. The van der Waals surface area contributed by atoms with E-state index >= 15 is 0 Å². The highest BCUT2D eigenvalue weighted by atomic mass is 35.5. The van der Waals surface area contributed by atoms with Crippen molar-refractivity contribution in [1.29, 1.82) is 0 Å². The maximum Gasteiger partial charge on any atom is 0.275 e. The second kappa shape index (κ2) is 8.12. The highest BCUT2D eigenvalue weighted by Crippen LogP contribution is 2.25. The standard InChI is InChI=1S/C18H14Cl2N4O2/c1-2-13-6-14(26-15-5-12(20)8-21-10-15)7-16(23-13)18(25)24-17-4-3-11(19)9-22-17/h3-10H,2H2,1H3,(H,22,24,25). The highest BCUT2D eigenvalue weighted by Gasteiger charge is 2.13. The van der Waals surface area contributed by atoms with Crippen LogP contribution in [0.2, 0.25) is 10.0 Å². The van der Waals surface area contributed by atoms with Gasteiger partial charge >= 0.3 is 0 Å². The Balaban J connectivity index is 1.84. The molecule has 3 aromatic rings. The number of halogens is 2. The SMILES string of the molecule is CCc1cc(Oc2cncc(Cl)c2)cc(C(=O)Nc2ccc(Cl)cn2)n1. The van der Waals surface area contributed by atoms with E-state index in [1.54, 1.807) is 30.3 Å². The molecule has 8 heteroatoms. The van der Waals surface area contributed by atoms with Crippen LogP contribution >= 0.6 is 23.2 Å². The molecule has 0 aliphatic rings. The first kappa shape index (κ1) is 18.1. The van der Waals surface area contributed by atoms with Gasteiger partial charge in [0.1, 0.15) is 23.0 Å². The molecule has 0 fully saturated rings. The van der Waals surface area contributed by atoms with Crippen LogP contribution in [-0.2, 0) is 6.42 Å². The zero-order valence-corrected chi connectivity index (χ0v) is 15.3. The zero-order valence-electron chi connectivity index (χ0n) is 13.7. The Bertz CT molecular complexity index is 933. The van der Waals surface area contributed by atoms with Gasteiger partial charge in [-0.15, -0.1) is 0 Å². The Labute approximate surface area is 160 Å². The van der Waals surface area contributed by atoms with Gasteiger partial charge in [-0.1, -0.05) is 30.1 Å². The first-order chi connectivity index (χ1) is 12.5. The fourth-order valence-corrected chi connectivity index (χ4v) is 2.41. The van der Waals surface area contributed by atoms with Gasteiger partial charge < -0.3 is 10.1 Å². The van der Waals surface area contributed by atoms with Gasteiger partial charge in [0.05, 0.1) is 16.2 Å². The second-order valence-electron chi connectivity index (χ2n) is 5.29. The number of aromatic nitrogens is 3. The summed E-state index contributed by atoms with van der Waals surface area (Å²) in [6.45, 7) is 1.94. The molecule has 3 rings (SSSR count). The number of ether oxygens (including phenoxy) is 1. The van der Waals surface area contributed by atoms with Crippen LogP contribution in [0.15, 0.2) is 48.9 Å². The number of carbonyl (C=O) groups excluding carboxylic acids is 1. The number of rotatable bonds is 5. The summed E-state index contributed by atoms with van der Waals surface area (Å²) < 4.78 is 5.76. The van der Waals surface area contributed by atoms with Crippen molar-refractivity contribution in [2.45, 2.75) is 13.3 Å². The molecule has 3 heterocycles. The first-order valence-electron chi connectivity index (χ1n) is 7.76. The molecule has 0 aliphatic heterocycles. The molecule has 0 aromatic carbocycles. The average Bonchev–Trinajstić information content (AvgIpc) is 2.63. The van der Waals surface area contributed by atoms with Gasteiger partial charge in [-0.2, -0.15) is 0 Å². The molecular weight excluding hydrogens is 375 g/mol. The van der Waals surface area contributed by atoms with E-state index in [0.717, 1.165) is 0 Å². The Morgan fingerprint density at radius 2 is 1.92 bits per heavy atom. The Hall–Kier alpha value is -2.70. The van der Waals surface area contributed by atoms with E-state index in [4.69, 9.17) is 27.9 Å². The molecule has 0 spiro atoms. The molecule has 0 radical (unpaired) electrons. The van der Waals surface area contributed by atoms with Gasteiger partial charge in [0.2, 0.25) is 0 Å². The molecule has 0 aliphatic carbocycles. The van der Waals surface area contributed by atoms with Crippen molar-refractivity contribution in [2.75, 3.05) is 5.32 Å². The summed E-state index contributed by atoms with van der Waals surface area (Å²) in [4.78, 5) is 24.8. The van der Waals surface area contributed by atoms with Crippen LogP contribution in [0.4, 0.5) is 5.82 Å². The van der Waals surface area contributed by atoms with E-state index in [1.165, 1.54) is 18.6 Å². The summed E-state index contributed by atoms with van der Waals surface area (Å²) in [5, 5.41) is 3.62. The van der Waals surface area contributed by atoms with Gasteiger partial charge in [-0.25, -0.2) is 9.97 Å². The molecular formula is C18H14Cl2N4O2. The van der Waals surface area contributed by atoms with Crippen LogP contribution in [0, 0.1) is 0 Å². The number of anilines is 1. The van der Waals surface area contributed by atoms with E-state index in [2.05, 4.69) is 20.3 Å². The fraction of sp³-hybridized carbons (Fsp3) is 0.111. The number of nitrogens with one attached hydrogen (secondary N) is 1. The molecule has 0 unspecified atom stereocenters. The van der Waals surface area contributed by atoms with Gasteiger partial charge in [0.25, 0.3) is 5.91 Å². The fourth-order valence-electron chi connectivity index (χ4n) is 2.13. The van der Waals surface area contributed by atoms with Crippen molar-refractivity contribution in [3.63, 3.8) is 0 Å². The minimum Gasteiger partial charge on any atom is -0.456 e. The number of pyridine rings is 3. The summed E-state index contributed by atoms with van der Waals surface area (Å²) >= 11 is 11.7. The van der Waals surface area contributed by atoms with Crippen LogP contribution in [0.25, 0.3) is 0 Å². The lowest BCUT2D eigenvalue weighted by Gasteiger charge is -2.10. The van der Waals surface area contributed by atoms with E-state index < -0.39 is 5.91 Å². The number of hydrogen-bond acceptors (Lipinski definition) is 5. The molecule has 0 saturated carbocycles. The van der Waals surface area contributed by atoms with E-state index in [9.17, 15) is 4.79 Å². The lowest BCUT2D eigenvalue weighted by Crippen LogP contribution is -2.15. The van der Waals surface area contributed by atoms with Crippen molar-refractivity contribution in [1.82, 2.24) is 15.0 Å². The van der Waals surface area contributed by atoms with Crippen molar-refractivity contribution in [2.24, 2.45) is 0 Å². The van der Waals surface area contributed by atoms with Crippen molar-refractivity contribution >= 4 is 34.9 Å². The summed E-state index contributed by atoms with van der Waals surface area (Å²) in [5.74, 6) is 0.917. The summed E-state index contributed by atoms with van der Waals surface area (Å²) in [6, 6.07) is 8.20. The summed E-state index contributed by atoms with van der Waals surface area (Å²) in [5.41, 5.74) is 0.929. The average molecular weight is 389 g/mol. The van der Waals surface area contributed by atoms with Gasteiger partial charge in [-0.3, -0.25) is 9.78 Å². The van der Waals surface area contributed by atoms with Gasteiger partial charge in [-0.05, 0) is 18.6 Å². The lowest BCUT2D eigenvalue weighted by atomic mass is 10.2.